The maximum Gasteiger partial charge on any atom is 0.416 e. The molecule has 1 unspecified atom stereocenters. The van der Waals surface area contributed by atoms with Crippen LogP contribution in [-0.4, -0.2) is 28.2 Å². The predicted octanol–water partition coefficient (Wildman–Crippen LogP) is 6.81. The summed E-state index contributed by atoms with van der Waals surface area (Å²) in [6.45, 7) is 15.2. The third-order valence-electron chi connectivity index (χ3n) is 5.74. The van der Waals surface area contributed by atoms with E-state index >= 15 is 0 Å². The topological polar surface area (TPSA) is 50.9 Å². The fourth-order valence-electron chi connectivity index (χ4n) is 3.99. The van der Waals surface area contributed by atoms with Crippen LogP contribution in [0.15, 0.2) is 30.3 Å². The van der Waals surface area contributed by atoms with Gasteiger partial charge < -0.3 is 5.11 Å². The van der Waals surface area contributed by atoms with Crippen molar-refractivity contribution in [3.8, 4) is 11.4 Å². The summed E-state index contributed by atoms with van der Waals surface area (Å²) < 4.78 is 39.3. The molecule has 0 radical (unpaired) electrons. The Morgan fingerprint density at radius 1 is 0.968 bits per heavy atom. The summed E-state index contributed by atoms with van der Waals surface area (Å²) in [5, 5.41) is 19.9. The molecule has 168 valence electrons. The van der Waals surface area contributed by atoms with Gasteiger partial charge in [0.05, 0.1) is 13.6 Å². The summed E-state index contributed by atoms with van der Waals surface area (Å²) in [6, 6.07) is 7.19. The van der Waals surface area contributed by atoms with Crippen molar-refractivity contribution < 1.29 is 18.3 Å². The number of fused-ring (bicyclic) bond motifs is 1. The van der Waals surface area contributed by atoms with Crippen molar-refractivity contribution in [3.05, 3.63) is 47.0 Å². The van der Waals surface area contributed by atoms with E-state index in [0.29, 0.717) is 11.2 Å². The first kappa shape index (κ1) is 23.3. The lowest BCUT2D eigenvalue weighted by molar-refractivity contribution is -0.137. The zero-order valence-corrected chi connectivity index (χ0v) is 20.1. The van der Waals surface area contributed by atoms with E-state index in [0.717, 1.165) is 29.7 Å². The number of aromatic nitrogens is 3. The molecule has 0 spiro atoms. The number of benzene rings is 2. The maximum atomic E-state index is 13.1. The van der Waals surface area contributed by atoms with Crippen LogP contribution >= 0.6 is 0 Å². The molecule has 3 aromatic rings. The van der Waals surface area contributed by atoms with Gasteiger partial charge in [0.2, 0.25) is 0 Å². The molecule has 1 N–H and O–H groups in total. The number of rotatable bonds is 4. The predicted molar refractivity (Wildman–Crippen MR) is 121 cm³/mol. The molecule has 0 saturated heterocycles. The van der Waals surface area contributed by atoms with Gasteiger partial charge in [-0.15, -0.1) is 15.0 Å². The summed E-state index contributed by atoms with van der Waals surface area (Å²) in [5.74, 6) is 0.0959. The van der Waals surface area contributed by atoms with Gasteiger partial charge >= 0.3 is 6.18 Å². The number of halogens is 3. The van der Waals surface area contributed by atoms with Crippen LogP contribution in [0.5, 0.6) is 5.75 Å². The Bertz CT molecular complexity index is 1110. The van der Waals surface area contributed by atoms with Crippen LogP contribution in [0.25, 0.3) is 16.7 Å². The molecule has 0 aliphatic rings. The van der Waals surface area contributed by atoms with Gasteiger partial charge in [-0.25, -0.2) is 0 Å². The van der Waals surface area contributed by atoms with Crippen LogP contribution in [0.3, 0.4) is 0 Å². The van der Waals surface area contributed by atoms with Crippen LogP contribution in [0, 0.1) is 0 Å². The minimum atomic E-state index is -4.45. The van der Waals surface area contributed by atoms with Crippen molar-refractivity contribution in [1.82, 2.24) is 15.0 Å². The molecule has 1 aromatic heterocycles. The van der Waals surface area contributed by atoms with Gasteiger partial charge in [-0.05, 0) is 46.3 Å². The lowest BCUT2D eigenvalue weighted by Crippen LogP contribution is -2.31. The van der Waals surface area contributed by atoms with Gasteiger partial charge in [-0.1, -0.05) is 59.8 Å². The zero-order valence-electron chi connectivity index (χ0n) is 19.1. The van der Waals surface area contributed by atoms with E-state index < -0.39 is 19.8 Å². The van der Waals surface area contributed by atoms with Crippen molar-refractivity contribution in [3.63, 3.8) is 0 Å². The SMILES string of the molecule is CCC(c1cc(C(C)(C)C)cc(-n2nc3ccc(C(F)(F)F)cc3n2)c1O)[Si](C)(C)C. The molecule has 0 amide bonds. The molecule has 4 nitrogen and oxygen atoms in total. The standard InChI is InChI=1S/C23H30F3N3OSi/c1-8-20(31(5,6)7)16-11-15(22(2,3)4)13-19(21(16)30)29-27-17-10-9-14(23(24,25)26)12-18(17)28-29/h9-13,20,30H,8H2,1-7H3. The molecule has 0 bridgehead atoms. The Hall–Kier alpha value is -2.35. The number of phenols is 1. The van der Waals surface area contributed by atoms with Gasteiger partial charge in [-0.3, -0.25) is 0 Å². The quantitative estimate of drug-likeness (QED) is 0.445. The summed E-state index contributed by atoms with van der Waals surface area (Å²) in [5.41, 5.74) is 2.00. The van der Waals surface area contributed by atoms with Crippen molar-refractivity contribution in [2.75, 3.05) is 0 Å². The van der Waals surface area contributed by atoms with E-state index in [1.54, 1.807) is 0 Å². The summed E-state index contributed by atoms with van der Waals surface area (Å²) in [6.07, 6.45) is -3.56. The Labute approximate surface area is 182 Å². The first-order valence-corrected chi connectivity index (χ1v) is 14.0. The second-order valence-corrected chi connectivity index (χ2v) is 15.6. The number of alkyl halides is 3. The monoisotopic (exact) mass is 449 g/mol. The highest BCUT2D eigenvalue weighted by Gasteiger charge is 2.33. The summed E-state index contributed by atoms with van der Waals surface area (Å²) in [7, 11) is -1.66. The molecule has 0 aliphatic heterocycles. The maximum absolute atomic E-state index is 13.1. The van der Waals surface area contributed by atoms with E-state index in [9.17, 15) is 18.3 Å². The number of nitrogens with zero attached hydrogens (tertiary/aromatic N) is 3. The van der Waals surface area contributed by atoms with Crippen LogP contribution in [0.1, 0.15) is 56.3 Å². The molecule has 0 saturated carbocycles. The number of phenolic OH excluding ortho intramolecular Hbond substituents is 1. The Morgan fingerprint density at radius 2 is 1.58 bits per heavy atom. The van der Waals surface area contributed by atoms with E-state index in [1.807, 2.05) is 6.07 Å². The molecular weight excluding hydrogens is 419 g/mol. The lowest BCUT2D eigenvalue weighted by Gasteiger charge is -2.31. The minimum absolute atomic E-state index is 0.0959. The Balaban J connectivity index is 2.26. The number of aromatic hydroxyl groups is 1. The van der Waals surface area contributed by atoms with Gasteiger partial charge in [-0.2, -0.15) is 13.2 Å². The normalized spacial score (nSPS) is 14.3. The molecule has 8 heteroatoms. The van der Waals surface area contributed by atoms with E-state index in [2.05, 4.69) is 63.6 Å². The minimum Gasteiger partial charge on any atom is -0.505 e. The zero-order chi connectivity index (χ0) is 23.4. The highest BCUT2D eigenvalue weighted by atomic mass is 28.3. The van der Waals surface area contributed by atoms with Crippen LogP contribution in [0.2, 0.25) is 19.6 Å². The largest absolute Gasteiger partial charge is 0.505 e. The van der Waals surface area contributed by atoms with Gasteiger partial charge in [0, 0.05) is 0 Å². The molecule has 3 rings (SSSR count). The highest BCUT2D eigenvalue weighted by molar-refractivity contribution is 6.77. The third-order valence-corrected chi connectivity index (χ3v) is 8.55. The average Bonchev–Trinajstić information content (AvgIpc) is 3.03. The van der Waals surface area contributed by atoms with E-state index in [1.165, 1.54) is 10.9 Å². The van der Waals surface area contributed by atoms with Crippen molar-refractivity contribution in [1.29, 1.82) is 0 Å². The average molecular weight is 450 g/mol. The fraction of sp³-hybridized carbons (Fsp3) is 0.478. The molecule has 31 heavy (non-hydrogen) atoms. The molecule has 1 atom stereocenters. The molecule has 2 aromatic carbocycles. The Morgan fingerprint density at radius 3 is 2.10 bits per heavy atom. The third kappa shape index (κ3) is 4.63. The first-order chi connectivity index (χ1) is 14.1. The molecule has 0 aliphatic carbocycles. The molecule has 1 heterocycles. The first-order valence-electron chi connectivity index (χ1n) is 10.4. The second kappa shape index (κ2) is 7.65. The van der Waals surface area contributed by atoms with E-state index in [4.69, 9.17) is 0 Å². The highest BCUT2D eigenvalue weighted by Crippen LogP contribution is 2.41. The van der Waals surface area contributed by atoms with Crippen molar-refractivity contribution in [2.24, 2.45) is 0 Å². The second-order valence-electron chi connectivity index (χ2n) is 10.2. The lowest BCUT2D eigenvalue weighted by atomic mass is 9.85. The number of hydrogen-bond donors (Lipinski definition) is 1. The van der Waals surface area contributed by atoms with E-state index in [-0.39, 0.29) is 22.2 Å². The van der Waals surface area contributed by atoms with Crippen molar-refractivity contribution >= 4 is 19.1 Å². The molecule has 0 fully saturated rings. The van der Waals surface area contributed by atoms with Crippen LogP contribution in [-0.2, 0) is 11.6 Å². The van der Waals surface area contributed by atoms with Crippen LogP contribution in [0.4, 0.5) is 13.2 Å². The summed E-state index contributed by atoms with van der Waals surface area (Å²) in [4.78, 5) is 1.26. The summed E-state index contributed by atoms with van der Waals surface area (Å²) >= 11 is 0. The van der Waals surface area contributed by atoms with Gasteiger partial charge in [0.15, 0.2) is 0 Å². The Kier molecular flexibility index (Phi) is 5.76. The van der Waals surface area contributed by atoms with Gasteiger partial charge in [0.25, 0.3) is 0 Å². The smallest absolute Gasteiger partial charge is 0.416 e. The van der Waals surface area contributed by atoms with Gasteiger partial charge in [0.1, 0.15) is 22.5 Å². The number of hydrogen-bond acceptors (Lipinski definition) is 3. The fourth-order valence-corrected chi connectivity index (χ4v) is 6.37. The van der Waals surface area contributed by atoms with Crippen LogP contribution < -0.4 is 0 Å². The molecular formula is C23H30F3N3OSi. The van der Waals surface area contributed by atoms with Crippen molar-refractivity contribution in [2.45, 2.75) is 70.9 Å².